The molecule has 0 radical (unpaired) electrons. The number of aromatic nitrogens is 3. The number of hydrogen-bond donors (Lipinski definition) is 0. The van der Waals surface area contributed by atoms with E-state index in [4.69, 9.17) is 21.1 Å². The normalized spacial score (nSPS) is 12.5. The highest BCUT2D eigenvalue weighted by molar-refractivity contribution is 6.31. The molecule has 0 amide bonds. The molecule has 10 heteroatoms. The second kappa shape index (κ2) is 6.74. The van der Waals surface area contributed by atoms with Crippen molar-refractivity contribution >= 4 is 22.5 Å². The number of hydrogen-bond acceptors (Lipinski definition) is 5. The van der Waals surface area contributed by atoms with Gasteiger partial charge in [-0.3, -0.25) is 9.78 Å². The van der Waals surface area contributed by atoms with E-state index in [0.717, 1.165) is 16.8 Å². The predicted octanol–water partition coefficient (Wildman–Crippen LogP) is 4.25. The summed E-state index contributed by atoms with van der Waals surface area (Å²) in [5.41, 5.74) is -0.796. The average molecular weight is 432 g/mol. The van der Waals surface area contributed by atoms with Gasteiger partial charge in [0.25, 0.3) is 5.56 Å². The molecule has 0 saturated carbocycles. The van der Waals surface area contributed by atoms with Crippen molar-refractivity contribution < 1.29 is 22.6 Å². The zero-order valence-corrected chi connectivity index (χ0v) is 15.6. The second-order valence-corrected chi connectivity index (χ2v) is 6.81. The highest BCUT2D eigenvalue weighted by Gasteiger charge is 2.28. The van der Waals surface area contributed by atoms with E-state index in [1.54, 1.807) is 0 Å². The first kappa shape index (κ1) is 18.4. The molecule has 0 atom stereocenters. The minimum Gasteiger partial charge on any atom is -0.453 e. The maximum absolute atomic E-state index is 14.9. The van der Waals surface area contributed by atoms with Crippen LogP contribution in [0.25, 0.3) is 27.8 Å². The Hall–Kier alpha value is -3.59. The van der Waals surface area contributed by atoms with Crippen LogP contribution in [0.4, 0.5) is 13.2 Å². The Morgan fingerprint density at radius 3 is 2.57 bits per heavy atom. The summed E-state index contributed by atoms with van der Waals surface area (Å²) < 4.78 is 53.8. The van der Waals surface area contributed by atoms with Gasteiger partial charge >= 0.3 is 0 Å². The summed E-state index contributed by atoms with van der Waals surface area (Å²) in [5.74, 6) is -3.35. The number of benzene rings is 2. The maximum Gasteiger partial charge on any atom is 0.281 e. The molecule has 4 aromatic rings. The van der Waals surface area contributed by atoms with Crippen LogP contribution < -0.4 is 15.0 Å². The van der Waals surface area contributed by atoms with Crippen molar-refractivity contribution in [2.45, 2.75) is 0 Å². The van der Waals surface area contributed by atoms with E-state index in [-0.39, 0.29) is 51.2 Å². The summed E-state index contributed by atoms with van der Waals surface area (Å²) >= 11 is 5.99. The van der Waals surface area contributed by atoms with E-state index in [0.29, 0.717) is 0 Å². The van der Waals surface area contributed by atoms with E-state index >= 15 is 0 Å². The van der Waals surface area contributed by atoms with E-state index < -0.39 is 23.0 Å². The lowest BCUT2D eigenvalue weighted by atomic mass is 10.1. The van der Waals surface area contributed by atoms with Crippen molar-refractivity contribution in [2.24, 2.45) is 0 Å². The summed E-state index contributed by atoms with van der Waals surface area (Å²) in [5, 5.41) is 4.39. The number of nitrogens with zero attached hydrogens (tertiary/aromatic N) is 3. The standard InChI is InChI=1S/C20H9ClF3N3O3/c21-9-5-13-17(25-7-9)18(12-6-14-19(30-8-29-14)16(24)15(12)23)26-27(20(13)28)11-3-1-10(22)2-4-11/h1-7H,8H2. The third-order valence-corrected chi connectivity index (χ3v) is 4.78. The van der Waals surface area contributed by atoms with Crippen LogP contribution in [0.3, 0.4) is 0 Å². The molecule has 3 heterocycles. The third-order valence-electron chi connectivity index (χ3n) is 4.57. The Bertz CT molecular complexity index is 1390. The van der Waals surface area contributed by atoms with E-state index in [2.05, 4.69) is 10.1 Å². The second-order valence-electron chi connectivity index (χ2n) is 6.38. The number of pyridine rings is 1. The quantitative estimate of drug-likeness (QED) is 0.475. The minimum atomic E-state index is -1.25. The first-order valence-corrected chi connectivity index (χ1v) is 8.94. The molecule has 1 aliphatic rings. The topological polar surface area (TPSA) is 66.2 Å². The van der Waals surface area contributed by atoms with E-state index in [1.807, 2.05) is 0 Å². The summed E-state index contributed by atoms with van der Waals surface area (Å²) in [6, 6.07) is 7.51. The molecule has 0 spiro atoms. The predicted molar refractivity (Wildman–Crippen MR) is 102 cm³/mol. The molecule has 2 aromatic carbocycles. The first-order chi connectivity index (χ1) is 14.4. The largest absolute Gasteiger partial charge is 0.453 e. The van der Waals surface area contributed by atoms with Gasteiger partial charge in [-0.1, -0.05) is 11.6 Å². The Labute approximate surface area is 171 Å². The summed E-state index contributed by atoms with van der Waals surface area (Å²) in [4.78, 5) is 17.1. The van der Waals surface area contributed by atoms with Gasteiger partial charge in [0.2, 0.25) is 18.4 Å². The number of rotatable bonds is 2. The fraction of sp³-hybridized carbons (Fsp3) is 0.0500. The average Bonchev–Trinajstić information content (AvgIpc) is 3.21. The third kappa shape index (κ3) is 2.78. The molecule has 0 saturated heterocycles. The summed E-state index contributed by atoms with van der Waals surface area (Å²) in [7, 11) is 0. The van der Waals surface area contributed by atoms with Crippen LogP contribution in [0.2, 0.25) is 5.02 Å². The van der Waals surface area contributed by atoms with Crippen LogP contribution in [-0.2, 0) is 0 Å². The molecule has 0 fully saturated rings. The van der Waals surface area contributed by atoms with Gasteiger partial charge in [0.1, 0.15) is 17.0 Å². The lowest BCUT2D eigenvalue weighted by Gasteiger charge is -2.12. The lowest BCUT2D eigenvalue weighted by molar-refractivity contribution is 0.170. The molecule has 0 unspecified atom stereocenters. The zero-order valence-electron chi connectivity index (χ0n) is 14.8. The molecular weight excluding hydrogens is 423 g/mol. The molecular formula is C20H9ClF3N3O3. The lowest BCUT2D eigenvalue weighted by Crippen LogP contribution is -2.22. The van der Waals surface area contributed by atoms with Gasteiger partial charge in [0, 0.05) is 11.8 Å². The number of halogens is 4. The van der Waals surface area contributed by atoms with Gasteiger partial charge in [0.15, 0.2) is 11.6 Å². The van der Waals surface area contributed by atoms with Crippen molar-refractivity contribution in [1.29, 1.82) is 0 Å². The Kier molecular flexibility index (Phi) is 4.14. The van der Waals surface area contributed by atoms with Crippen molar-refractivity contribution in [2.75, 3.05) is 6.79 Å². The molecule has 2 aromatic heterocycles. The minimum absolute atomic E-state index is 0.00709. The van der Waals surface area contributed by atoms with Crippen molar-refractivity contribution in [3.63, 3.8) is 0 Å². The highest BCUT2D eigenvalue weighted by Crippen LogP contribution is 2.41. The maximum atomic E-state index is 14.9. The molecule has 30 heavy (non-hydrogen) atoms. The Morgan fingerprint density at radius 1 is 1.03 bits per heavy atom. The first-order valence-electron chi connectivity index (χ1n) is 8.56. The summed E-state index contributed by atoms with van der Waals surface area (Å²) in [6.45, 7) is -0.258. The summed E-state index contributed by atoms with van der Waals surface area (Å²) in [6.07, 6.45) is 1.26. The number of fused-ring (bicyclic) bond motifs is 2. The highest BCUT2D eigenvalue weighted by atomic mass is 35.5. The van der Waals surface area contributed by atoms with Crippen molar-refractivity contribution in [3.8, 4) is 28.4 Å². The fourth-order valence-electron chi connectivity index (χ4n) is 3.19. The van der Waals surface area contributed by atoms with Crippen LogP contribution in [-0.4, -0.2) is 21.6 Å². The van der Waals surface area contributed by atoms with Gasteiger partial charge in [-0.25, -0.2) is 8.78 Å². The molecule has 5 rings (SSSR count). The van der Waals surface area contributed by atoms with Crippen LogP contribution in [0.1, 0.15) is 0 Å². The van der Waals surface area contributed by atoms with Gasteiger partial charge in [0.05, 0.1) is 16.1 Å². The molecule has 0 N–H and O–H groups in total. The fourth-order valence-corrected chi connectivity index (χ4v) is 3.35. The SMILES string of the molecule is O=c1c2cc(Cl)cnc2c(-c2cc3c(c(F)c2F)OCO3)nn1-c1ccc(F)cc1. The molecule has 150 valence electrons. The van der Waals surface area contributed by atoms with Crippen molar-refractivity contribution in [1.82, 2.24) is 14.8 Å². The Balaban J connectivity index is 1.87. The Morgan fingerprint density at radius 2 is 1.80 bits per heavy atom. The van der Waals surface area contributed by atoms with Gasteiger partial charge in [-0.2, -0.15) is 14.2 Å². The van der Waals surface area contributed by atoms with E-state index in [1.165, 1.54) is 30.5 Å². The van der Waals surface area contributed by atoms with Crippen LogP contribution in [0.5, 0.6) is 11.5 Å². The van der Waals surface area contributed by atoms with Crippen molar-refractivity contribution in [3.05, 3.63) is 75.4 Å². The van der Waals surface area contributed by atoms with Crippen LogP contribution in [0.15, 0.2) is 47.4 Å². The van der Waals surface area contributed by atoms with Crippen LogP contribution >= 0.6 is 11.6 Å². The molecule has 6 nitrogen and oxygen atoms in total. The van der Waals surface area contributed by atoms with Gasteiger partial charge in [-0.15, -0.1) is 0 Å². The van der Waals surface area contributed by atoms with Gasteiger partial charge < -0.3 is 9.47 Å². The smallest absolute Gasteiger partial charge is 0.281 e. The zero-order chi connectivity index (χ0) is 21.0. The van der Waals surface area contributed by atoms with Crippen LogP contribution in [0, 0.1) is 17.5 Å². The van der Waals surface area contributed by atoms with E-state index in [9.17, 15) is 18.0 Å². The molecule has 0 aliphatic carbocycles. The number of ether oxygens (including phenoxy) is 2. The molecule has 0 bridgehead atoms. The monoisotopic (exact) mass is 431 g/mol. The molecule has 1 aliphatic heterocycles. The van der Waals surface area contributed by atoms with Gasteiger partial charge in [-0.05, 0) is 36.4 Å².